The largest absolute Gasteiger partial charge is 0.481 e. The van der Waals surface area contributed by atoms with E-state index in [0.29, 0.717) is 32.6 Å². The van der Waals surface area contributed by atoms with Gasteiger partial charge in [-0.15, -0.1) is 0 Å². The summed E-state index contributed by atoms with van der Waals surface area (Å²) >= 11 is 0. The van der Waals surface area contributed by atoms with Crippen LogP contribution in [0.25, 0.3) is 0 Å². The van der Waals surface area contributed by atoms with Crippen molar-refractivity contribution in [1.29, 1.82) is 0 Å². The minimum Gasteiger partial charge on any atom is -0.481 e. The van der Waals surface area contributed by atoms with Crippen molar-refractivity contribution >= 4 is 12.1 Å². The lowest BCUT2D eigenvalue weighted by Crippen LogP contribution is -2.63. The summed E-state index contributed by atoms with van der Waals surface area (Å²) in [6.45, 7) is 6.38. The number of carbonyl (C=O) groups excluding carboxylic acids is 1. The molecule has 1 amide bonds. The van der Waals surface area contributed by atoms with E-state index >= 15 is 0 Å². The molecule has 2 aliphatic heterocycles. The fraction of sp³-hybridized carbons (Fsp3) is 0.875. The van der Waals surface area contributed by atoms with Crippen LogP contribution in [0.2, 0.25) is 0 Å². The third-order valence-corrected chi connectivity index (χ3v) is 4.76. The Morgan fingerprint density at radius 3 is 2.30 bits per heavy atom. The Labute approximate surface area is 136 Å². The number of ether oxygens (including phenoxy) is 2. The maximum Gasteiger partial charge on any atom is 0.410 e. The number of hydrogen-bond acceptors (Lipinski definition) is 5. The van der Waals surface area contributed by atoms with Gasteiger partial charge in [0.2, 0.25) is 0 Å². The summed E-state index contributed by atoms with van der Waals surface area (Å²) in [5, 5.41) is 20.9. The SMILES string of the molecule is CC(C)(C)OC(=O)N1CCCC(C(=O)O)(C2(O)CCOCC2)C1. The zero-order chi connectivity index (χ0) is 17.3. The van der Waals surface area contributed by atoms with Crippen LogP contribution in [-0.2, 0) is 14.3 Å². The van der Waals surface area contributed by atoms with Gasteiger partial charge in [-0.25, -0.2) is 4.79 Å². The summed E-state index contributed by atoms with van der Waals surface area (Å²) in [5.41, 5.74) is -3.38. The second kappa shape index (κ2) is 6.28. The molecule has 0 radical (unpaired) electrons. The molecule has 2 fully saturated rings. The Bertz CT molecular complexity index is 466. The average molecular weight is 329 g/mol. The lowest BCUT2D eigenvalue weighted by atomic mass is 9.63. The van der Waals surface area contributed by atoms with E-state index in [-0.39, 0.29) is 19.4 Å². The average Bonchev–Trinajstić information content (AvgIpc) is 2.46. The molecule has 23 heavy (non-hydrogen) atoms. The van der Waals surface area contributed by atoms with Gasteiger partial charge in [-0.05, 0) is 33.6 Å². The van der Waals surface area contributed by atoms with Crippen molar-refractivity contribution in [2.75, 3.05) is 26.3 Å². The van der Waals surface area contributed by atoms with Crippen molar-refractivity contribution in [3.63, 3.8) is 0 Å². The van der Waals surface area contributed by atoms with Crippen molar-refractivity contribution in [3.05, 3.63) is 0 Å². The molecule has 0 saturated carbocycles. The minimum atomic E-state index is -1.37. The van der Waals surface area contributed by atoms with Gasteiger partial charge in [0.25, 0.3) is 0 Å². The number of carboxylic acids is 1. The highest BCUT2D eigenvalue weighted by atomic mass is 16.6. The number of likely N-dealkylation sites (tertiary alicyclic amines) is 1. The van der Waals surface area contributed by atoms with Gasteiger partial charge in [0.05, 0.1) is 5.60 Å². The number of carbonyl (C=O) groups is 2. The molecular formula is C16H27NO6. The highest BCUT2D eigenvalue weighted by Crippen LogP contribution is 2.46. The molecular weight excluding hydrogens is 302 g/mol. The van der Waals surface area contributed by atoms with Crippen molar-refractivity contribution in [2.45, 2.75) is 57.7 Å². The maximum absolute atomic E-state index is 12.3. The number of piperidine rings is 1. The summed E-state index contributed by atoms with van der Waals surface area (Å²) in [7, 11) is 0. The Hall–Kier alpha value is -1.34. The summed E-state index contributed by atoms with van der Waals surface area (Å²) in [5.74, 6) is -1.06. The van der Waals surface area contributed by atoms with E-state index in [0.717, 1.165) is 0 Å². The van der Waals surface area contributed by atoms with Gasteiger partial charge in [-0.3, -0.25) is 4.79 Å². The molecule has 0 aromatic rings. The number of hydrogen-bond donors (Lipinski definition) is 2. The van der Waals surface area contributed by atoms with E-state index in [1.165, 1.54) is 4.90 Å². The number of carboxylic acid groups (broad SMARTS) is 1. The first kappa shape index (κ1) is 18.0. The van der Waals surface area contributed by atoms with Crippen molar-refractivity contribution < 1.29 is 29.3 Å². The highest BCUT2D eigenvalue weighted by Gasteiger charge is 2.58. The smallest absolute Gasteiger partial charge is 0.410 e. The molecule has 7 heteroatoms. The second-order valence-electron chi connectivity index (χ2n) is 7.54. The fourth-order valence-electron chi connectivity index (χ4n) is 3.48. The zero-order valence-electron chi connectivity index (χ0n) is 14.1. The summed E-state index contributed by atoms with van der Waals surface area (Å²) in [6.07, 6.45) is 0.869. The summed E-state index contributed by atoms with van der Waals surface area (Å²) < 4.78 is 10.6. The fourth-order valence-corrected chi connectivity index (χ4v) is 3.48. The van der Waals surface area contributed by atoms with E-state index in [9.17, 15) is 19.8 Å². The van der Waals surface area contributed by atoms with Crippen molar-refractivity contribution in [2.24, 2.45) is 5.41 Å². The van der Waals surface area contributed by atoms with E-state index in [2.05, 4.69) is 0 Å². The van der Waals surface area contributed by atoms with Gasteiger partial charge >= 0.3 is 12.1 Å². The molecule has 0 aromatic heterocycles. The molecule has 1 unspecified atom stereocenters. The Kier molecular flexibility index (Phi) is 4.92. The molecule has 7 nitrogen and oxygen atoms in total. The third-order valence-electron chi connectivity index (χ3n) is 4.76. The molecule has 2 aliphatic rings. The number of aliphatic carboxylic acids is 1. The molecule has 0 spiro atoms. The van der Waals surface area contributed by atoms with Gasteiger partial charge in [-0.2, -0.15) is 0 Å². The van der Waals surface area contributed by atoms with Gasteiger partial charge in [0.1, 0.15) is 11.0 Å². The van der Waals surface area contributed by atoms with Crippen LogP contribution < -0.4 is 0 Å². The van der Waals surface area contributed by atoms with Gasteiger partial charge in [0, 0.05) is 39.1 Å². The van der Waals surface area contributed by atoms with Crippen LogP contribution in [0.3, 0.4) is 0 Å². The molecule has 0 aromatic carbocycles. The Morgan fingerprint density at radius 1 is 1.17 bits per heavy atom. The first-order valence-electron chi connectivity index (χ1n) is 8.11. The highest BCUT2D eigenvalue weighted by molar-refractivity contribution is 5.78. The van der Waals surface area contributed by atoms with Crippen LogP contribution in [0.5, 0.6) is 0 Å². The van der Waals surface area contributed by atoms with Crippen LogP contribution >= 0.6 is 0 Å². The van der Waals surface area contributed by atoms with Crippen LogP contribution in [0.15, 0.2) is 0 Å². The molecule has 0 bridgehead atoms. The van der Waals surface area contributed by atoms with Crippen molar-refractivity contribution in [1.82, 2.24) is 4.90 Å². The lowest BCUT2D eigenvalue weighted by molar-refractivity contribution is -0.193. The minimum absolute atomic E-state index is 0.0340. The first-order valence-corrected chi connectivity index (χ1v) is 8.11. The summed E-state index contributed by atoms with van der Waals surface area (Å²) in [4.78, 5) is 25.8. The molecule has 2 N–H and O–H groups in total. The predicted molar refractivity (Wildman–Crippen MR) is 82.1 cm³/mol. The molecule has 0 aliphatic carbocycles. The Morgan fingerprint density at radius 2 is 1.78 bits per heavy atom. The third kappa shape index (κ3) is 3.61. The second-order valence-corrected chi connectivity index (χ2v) is 7.54. The van der Waals surface area contributed by atoms with Crippen LogP contribution in [-0.4, -0.2) is 64.7 Å². The predicted octanol–water partition coefficient (Wildman–Crippen LogP) is 1.63. The molecule has 2 saturated heterocycles. The molecule has 2 rings (SSSR count). The number of nitrogens with zero attached hydrogens (tertiary/aromatic N) is 1. The number of aliphatic hydroxyl groups is 1. The van der Waals surface area contributed by atoms with Crippen LogP contribution in [0.1, 0.15) is 46.5 Å². The molecule has 1 atom stereocenters. The quantitative estimate of drug-likeness (QED) is 0.799. The van der Waals surface area contributed by atoms with Gasteiger partial charge in [-0.1, -0.05) is 0 Å². The Balaban J connectivity index is 2.23. The first-order chi connectivity index (χ1) is 10.6. The zero-order valence-corrected chi connectivity index (χ0v) is 14.1. The topological polar surface area (TPSA) is 96.3 Å². The lowest BCUT2D eigenvalue weighted by Gasteiger charge is -2.50. The van der Waals surface area contributed by atoms with E-state index < -0.39 is 28.7 Å². The monoisotopic (exact) mass is 329 g/mol. The summed E-state index contributed by atoms with van der Waals surface area (Å²) in [6, 6.07) is 0. The maximum atomic E-state index is 12.3. The normalized spacial score (nSPS) is 28.3. The van der Waals surface area contributed by atoms with Gasteiger partial charge in [0.15, 0.2) is 0 Å². The van der Waals surface area contributed by atoms with E-state index in [1.807, 2.05) is 0 Å². The van der Waals surface area contributed by atoms with Gasteiger partial charge < -0.3 is 24.6 Å². The molecule has 2 heterocycles. The van der Waals surface area contributed by atoms with E-state index in [1.54, 1.807) is 20.8 Å². The standard InChI is InChI=1S/C16H27NO6/c1-14(2,3)23-13(20)17-8-4-5-15(11-17,12(18)19)16(21)6-9-22-10-7-16/h21H,4-11H2,1-3H3,(H,18,19). The number of rotatable bonds is 2. The van der Waals surface area contributed by atoms with E-state index in [4.69, 9.17) is 9.47 Å². The van der Waals surface area contributed by atoms with Crippen LogP contribution in [0.4, 0.5) is 4.79 Å². The molecule has 132 valence electrons. The van der Waals surface area contributed by atoms with Crippen molar-refractivity contribution in [3.8, 4) is 0 Å². The number of amides is 1. The van der Waals surface area contributed by atoms with Crippen LogP contribution in [0, 0.1) is 5.41 Å².